The zero-order chi connectivity index (χ0) is 18.1. The fourth-order valence-corrected chi connectivity index (χ4v) is 4.77. The summed E-state index contributed by atoms with van der Waals surface area (Å²) < 4.78 is 8.33. The first-order valence-electron chi connectivity index (χ1n) is 8.69. The number of aromatic nitrogens is 3. The van der Waals surface area contributed by atoms with Crippen LogP contribution in [0.1, 0.15) is 37.5 Å². The molecule has 1 aliphatic carbocycles. The lowest BCUT2D eigenvalue weighted by atomic mass is 9.86. The number of pyridine rings is 1. The molecular formula is C18H19N5O2S. The number of nitriles is 1. The second-order valence-corrected chi connectivity index (χ2v) is 7.58. The summed E-state index contributed by atoms with van der Waals surface area (Å²) in [6, 6.07) is 4.54. The lowest BCUT2D eigenvalue weighted by molar-refractivity contribution is 0.117. The molecule has 0 atom stereocenters. The van der Waals surface area contributed by atoms with Gasteiger partial charge in [0.15, 0.2) is 0 Å². The van der Waals surface area contributed by atoms with Crippen molar-refractivity contribution in [1.29, 1.82) is 5.26 Å². The minimum Gasteiger partial charge on any atom is -0.449 e. The van der Waals surface area contributed by atoms with Crippen molar-refractivity contribution >= 4 is 38.7 Å². The van der Waals surface area contributed by atoms with E-state index in [0.29, 0.717) is 18.6 Å². The number of amides is 1. The topological polar surface area (TPSA) is 107 Å². The zero-order valence-electron chi connectivity index (χ0n) is 14.2. The Kier molecular flexibility index (Phi) is 4.47. The van der Waals surface area contributed by atoms with Crippen molar-refractivity contribution in [3.05, 3.63) is 23.5 Å². The van der Waals surface area contributed by atoms with E-state index in [-0.39, 0.29) is 6.42 Å². The molecule has 2 N–H and O–H groups in total. The van der Waals surface area contributed by atoms with Crippen molar-refractivity contribution in [3.63, 3.8) is 0 Å². The van der Waals surface area contributed by atoms with Gasteiger partial charge in [0, 0.05) is 6.04 Å². The third-order valence-corrected chi connectivity index (χ3v) is 5.99. The highest BCUT2D eigenvalue weighted by molar-refractivity contribution is 7.18. The summed E-state index contributed by atoms with van der Waals surface area (Å²) in [4.78, 5) is 20.0. The Morgan fingerprint density at radius 1 is 1.38 bits per heavy atom. The molecule has 0 aliphatic heterocycles. The van der Waals surface area contributed by atoms with Gasteiger partial charge in [-0.1, -0.05) is 0 Å². The van der Waals surface area contributed by atoms with Crippen LogP contribution in [-0.2, 0) is 11.2 Å². The van der Waals surface area contributed by atoms with E-state index in [9.17, 15) is 10.1 Å². The molecule has 3 aromatic heterocycles. The van der Waals surface area contributed by atoms with Gasteiger partial charge in [-0.05, 0) is 43.0 Å². The summed E-state index contributed by atoms with van der Waals surface area (Å²) >= 11 is 1.66. The highest BCUT2D eigenvalue weighted by Crippen LogP contribution is 2.38. The van der Waals surface area contributed by atoms with Crippen LogP contribution in [0.15, 0.2) is 17.6 Å². The van der Waals surface area contributed by atoms with E-state index in [2.05, 4.69) is 20.6 Å². The molecule has 134 valence electrons. The minimum atomic E-state index is -0.711. The number of hydrogen-bond acceptors (Lipinski definition) is 6. The first kappa shape index (κ1) is 16.8. The highest BCUT2D eigenvalue weighted by atomic mass is 32.1. The van der Waals surface area contributed by atoms with Gasteiger partial charge in [-0.25, -0.2) is 9.78 Å². The summed E-state index contributed by atoms with van der Waals surface area (Å²) in [6.07, 6.45) is 5.22. The van der Waals surface area contributed by atoms with E-state index < -0.39 is 6.09 Å². The molecule has 1 fully saturated rings. The Balaban J connectivity index is 1.67. The summed E-state index contributed by atoms with van der Waals surface area (Å²) in [7, 11) is 0. The van der Waals surface area contributed by atoms with E-state index in [1.807, 2.05) is 11.4 Å². The normalized spacial score (nSPS) is 20.3. The Morgan fingerprint density at radius 2 is 2.19 bits per heavy atom. The maximum absolute atomic E-state index is 10.8. The fraction of sp³-hybridized carbons (Fsp3) is 0.444. The molecule has 0 bridgehead atoms. The largest absolute Gasteiger partial charge is 0.449 e. The van der Waals surface area contributed by atoms with Crippen molar-refractivity contribution in [3.8, 4) is 6.07 Å². The Morgan fingerprint density at radius 3 is 2.92 bits per heavy atom. The van der Waals surface area contributed by atoms with Gasteiger partial charge in [0.2, 0.25) is 0 Å². The van der Waals surface area contributed by atoms with E-state index >= 15 is 0 Å². The molecule has 4 rings (SSSR count). The molecule has 0 unspecified atom stereocenters. The quantitative estimate of drug-likeness (QED) is 0.757. The van der Waals surface area contributed by atoms with E-state index in [1.54, 1.807) is 17.5 Å². The van der Waals surface area contributed by atoms with Crippen LogP contribution in [0.5, 0.6) is 0 Å². The third-order valence-electron chi connectivity index (χ3n) is 5.08. The van der Waals surface area contributed by atoms with Crippen LogP contribution < -0.4 is 5.73 Å². The number of nitrogens with zero attached hydrogens (tertiary/aromatic N) is 4. The second kappa shape index (κ2) is 6.92. The molecule has 7 nitrogen and oxygen atoms in total. The van der Waals surface area contributed by atoms with Crippen LogP contribution in [0.3, 0.4) is 0 Å². The molecule has 1 aliphatic rings. The predicted octanol–water partition coefficient (Wildman–Crippen LogP) is 3.54. The Bertz CT molecular complexity index is 994. The molecule has 0 spiro atoms. The predicted molar refractivity (Wildman–Crippen MR) is 98.8 cm³/mol. The fourth-order valence-electron chi connectivity index (χ4n) is 3.88. The lowest BCUT2D eigenvalue weighted by Crippen LogP contribution is -2.24. The molecule has 26 heavy (non-hydrogen) atoms. The molecular weight excluding hydrogens is 350 g/mol. The number of hydrogen-bond donors (Lipinski definition) is 1. The summed E-state index contributed by atoms with van der Waals surface area (Å²) in [5, 5.41) is 11.3. The molecule has 1 saturated carbocycles. The Labute approximate surface area is 154 Å². The van der Waals surface area contributed by atoms with Gasteiger partial charge in [0.25, 0.3) is 0 Å². The molecule has 0 aromatic carbocycles. The van der Waals surface area contributed by atoms with Crippen molar-refractivity contribution in [2.45, 2.75) is 38.1 Å². The van der Waals surface area contributed by atoms with Crippen LogP contribution in [0.4, 0.5) is 4.79 Å². The third kappa shape index (κ3) is 2.99. The van der Waals surface area contributed by atoms with E-state index in [4.69, 9.17) is 10.5 Å². The first-order valence-corrected chi connectivity index (χ1v) is 9.57. The average molecular weight is 369 g/mol. The standard InChI is InChI=1S/C18H19N5O2S/c19-7-5-15-22-14-9-21-13-6-8-26-17(13)16(14)23(15)12-3-1-11(2-4-12)10-25-18(20)24/h6,8-9,11-12H,1-5,10H2,(H2,20,24)/t11-,12-. The lowest BCUT2D eigenvalue weighted by Gasteiger charge is -2.30. The van der Waals surface area contributed by atoms with Crippen LogP contribution in [-0.4, -0.2) is 27.2 Å². The highest BCUT2D eigenvalue weighted by Gasteiger charge is 2.27. The van der Waals surface area contributed by atoms with Gasteiger partial charge in [0.1, 0.15) is 11.3 Å². The number of imidazole rings is 1. The summed E-state index contributed by atoms with van der Waals surface area (Å²) in [6.45, 7) is 0.386. The van der Waals surface area contributed by atoms with Crippen molar-refractivity contribution in [2.24, 2.45) is 11.7 Å². The molecule has 3 aromatic rings. The molecule has 1 amide bonds. The summed E-state index contributed by atoms with van der Waals surface area (Å²) in [5.41, 5.74) is 7.97. The molecule has 8 heteroatoms. The number of fused-ring (bicyclic) bond motifs is 3. The first-order chi connectivity index (χ1) is 12.7. The van der Waals surface area contributed by atoms with Crippen LogP contribution >= 0.6 is 11.3 Å². The van der Waals surface area contributed by atoms with Crippen molar-refractivity contribution in [1.82, 2.24) is 14.5 Å². The smallest absolute Gasteiger partial charge is 0.404 e. The monoisotopic (exact) mass is 369 g/mol. The van der Waals surface area contributed by atoms with Crippen molar-refractivity contribution < 1.29 is 9.53 Å². The summed E-state index contributed by atoms with van der Waals surface area (Å²) in [5.74, 6) is 1.15. The van der Waals surface area contributed by atoms with Crippen LogP contribution in [0, 0.1) is 17.2 Å². The molecule has 3 heterocycles. The Hall–Kier alpha value is -2.66. The van der Waals surface area contributed by atoms with Gasteiger partial charge in [-0.15, -0.1) is 11.3 Å². The van der Waals surface area contributed by atoms with Gasteiger partial charge in [-0.3, -0.25) is 4.98 Å². The number of rotatable bonds is 4. The van der Waals surface area contributed by atoms with Gasteiger partial charge in [0.05, 0.1) is 41.0 Å². The number of thiophene rings is 1. The maximum atomic E-state index is 10.8. The number of carbonyl (C=O) groups is 1. The van der Waals surface area contributed by atoms with Crippen molar-refractivity contribution in [2.75, 3.05) is 6.61 Å². The van der Waals surface area contributed by atoms with Crippen LogP contribution in [0.25, 0.3) is 21.3 Å². The molecule has 0 saturated heterocycles. The van der Waals surface area contributed by atoms with Crippen LogP contribution in [0.2, 0.25) is 0 Å². The molecule has 0 radical (unpaired) electrons. The number of carbonyl (C=O) groups excluding carboxylic acids is 1. The average Bonchev–Trinajstić information content (AvgIpc) is 3.24. The van der Waals surface area contributed by atoms with E-state index in [0.717, 1.165) is 52.8 Å². The minimum absolute atomic E-state index is 0.284. The second-order valence-electron chi connectivity index (χ2n) is 6.66. The van der Waals surface area contributed by atoms with Gasteiger partial charge < -0.3 is 15.0 Å². The number of nitrogens with two attached hydrogens (primary N) is 1. The maximum Gasteiger partial charge on any atom is 0.404 e. The van der Waals surface area contributed by atoms with Gasteiger partial charge >= 0.3 is 6.09 Å². The number of ether oxygens (including phenoxy) is 1. The van der Waals surface area contributed by atoms with E-state index in [1.165, 1.54) is 0 Å². The zero-order valence-corrected chi connectivity index (χ0v) is 15.0. The number of primary amides is 1. The SMILES string of the molecule is N#CCc1nc2cnc3ccsc3c2n1[C@H]1CC[C@H](COC(N)=O)CC1. The van der Waals surface area contributed by atoms with Gasteiger partial charge in [-0.2, -0.15) is 5.26 Å².